The third-order valence-electron chi connectivity index (χ3n) is 6.24. The lowest BCUT2D eigenvalue weighted by atomic mass is 10.1. The number of benzene rings is 2. The lowest BCUT2D eigenvalue weighted by Gasteiger charge is -2.34. The van der Waals surface area contributed by atoms with E-state index < -0.39 is 15.9 Å². The summed E-state index contributed by atoms with van der Waals surface area (Å²) in [6.07, 6.45) is 1.39. The molecule has 5 rings (SSSR count). The van der Waals surface area contributed by atoms with Crippen LogP contribution in [0.1, 0.15) is 33.6 Å². The number of sulfonamides is 1. The lowest BCUT2D eigenvalue weighted by Crippen LogP contribution is -2.49. The Kier molecular flexibility index (Phi) is 5.80. The van der Waals surface area contributed by atoms with Crippen molar-refractivity contribution in [1.82, 2.24) is 14.1 Å². The quantitative estimate of drug-likeness (QED) is 0.619. The molecule has 2 aromatic rings. The SMILES string of the molecule is O=C(c1ccc2c(c1)S(=O)(=O)N(C1CC1)C2=O)N1CCN(CCOc2ccccc2Cl)CC1. The number of hydrogen-bond acceptors (Lipinski definition) is 6. The number of halogens is 1. The second-order valence-corrected chi connectivity index (χ2v) is 10.7. The van der Waals surface area contributed by atoms with E-state index in [1.54, 1.807) is 17.0 Å². The van der Waals surface area contributed by atoms with Crippen LogP contribution in [0.3, 0.4) is 0 Å². The van der Waals surface area contributed by atoms with Gasteiger partial charge in [-0.25, -0.2) is 12.7 Å². The third-order valence-corrected chi connectivity index (χ3v) is 8.42. The summed E-state index contributed by atoms with van der Waals surface area (Å²) in [5.41, 5.74) is 0.445. The minimum absolute atomic E-state index is 0.0550. The molecule has 10 heteroatoms. The van der Waals surface area contributed by atoms with E-state index >= 15 is 0 Å². The first-order valence-corrected chi connectivity index (χ1v) is 12.8. The van der Waals surface area contributed by atoms with Crippen molar-refractivity contribution in [1.29, 1.82) is 0 Å². The van der Waals surface area contributed by atoms with Gasteiger partial charge >= 0.3 is 0 Å². The normalized spacial score (nSPS) is 20.1. The standard InChI is InChI=1S/C23H24ClN3O5S/c24-19-3-1-2-4-20(19)32-14-13-25-9-11-26(12-10-25)22(28)16-5-8-18-21(15-16)33(30,31)27(23(18)29)17-6-7-17/h1-5,8,15,17H,6-7,9-14H2. The Morgan fingerprint density at radius 3 is 2.48 bits per heavy atom. The predicted molar refractivity (Wildman–Crippen MR) is 122 cm³/mol. The molecule has 0 aromatic heterocycles. The summed E-state index contributed by atoms with van der Waals surface area (Å²) in [6, 6.07) is 11.5. The van der Waals surface area contributed by atoms with E-state index in [9.17, 15) is 18.0 Å². The van der Waals surface area contributed by atoms with Crippen molar-refractivity contribution in [2.24, 2.45) is 0 Å². The molecule has 0 N–H and O–H groups in total. The number of carbonyl (C=O) groups is 2. The molecule has 2 aliphatic heterocycles. The second-order valence-electron chi connectivity index (χ2n) is 8.46. The van der Waals surface area contributed by atoms with Crippen LogP contribution in [-0.2, 0) is 10.0 Å². The molecule has 174 valence electrons. The van der Waals surface area contributed by atoms with E-state index in [2.05, 4.69) is 4.90 Å². The van der Waals surface area contributed by atoms with E-state index in [1.807, 2.05) is 18.2 Å². The van der Waals surface area contributed by atoms with Gasteiger partial charge in [0.1, 0.15) is 17.3 Å². The minimum atomic E-state index is -3.88. The van der Waals surface area contributed by atoms with Gasteiger partial charge < -0.3 is 9.64 Å². The molecule has 0 unspecified atom stereocenters. The Morgan fingerprint density at radius 2 is 1.79 bits per heavy atom. The highest BCUT2D eigenvalue weighted by Crippen LogP contribution is 2.39. The third kappa shape index (κ3) is 4.20. The van der Waals surface area contributed by atoms with Crippen LogP contribution in [0.5, 0.6) is 5.75 Å². The van der Waals surface area contributed by atoms with Gasteiger partial charge in [0.05, 0.1) is 10.6 Å². The van der Waals surface area contributed by atoms with Gasteiger partial charge in [-0.2, -0.15) is 0 Å². The average molecular weight is 490 g/mol. The van der Waals surface area contributed by atoms with E-state index in [-0.39, 0.29) is 22.4 Å². The molecule has 1 saturated carbocycles. The number of rotatable bonds is 6. The van der Waals surface area contributed by atoms with Gasteiger partial charge in [0.2, 0.25) is 0 Å². The van der Waals surface area contributed by atoms with Crippen LogP contribution in [0.2, 0.25) is 5.02 Å². The number of nitrogens with zero attached hydrogens (tertiary/aromatic N) is 3. The summed E-state index contributed by atoms with van der Waals surface area (Å²) < 4.78 is 32.4. The Balaban J connectivity index is 1.19. The molecule has 1 saturated heterocycles. The molecule has 0 bridgehead atoms. The summed E-state index contributed by atoms with van der Waals surface area (Å²) in [6.45, 7) is 3.64. The maximum atomic E-state index is 13.0. The largest absolute Gasteiger partial charge is 0.491 e. The van der Waals surface area contributed by atoms with Crippen molar-refractivity contribution < 1.29 is 22.7 Å². The highest BCUT2D eigenvalue weighted by atomic mass is 35.5. The van der Waals surface area contributed by atoms with E-state index in [4.69, 9.17) is 16.3 Å². The van der Waals surface area contributed by atoms with Gasteiger partial charge in [-0.3, -0.25) is 14.5 Å². The Hall–Kier alpha value is -2.62. The molecule has 0 radical (unpaired) electrons. The lowest BCUT2D eigenvalue weighted by molar-refractivity contribution is 0.0619. The average Bonchev–Trinajstić information content (AvgIpc) is 3.62. The molecule has 2 heterocycles. The fraction of sp³-hybridized carbons (Fsp3) is 0.391. The summed E-state index contributed by atoms with van der Waals surface area (Å²) in [5.74, 6) is -0.0605. The minimum Gasteiger partial charge on any atom is -0.491 e. The van der Waals surface area contributed by atoms with Gasteiger partial charge in [-0.1, -0.05) is 23.7 Å². The molecule has 2 amide bonds. The van der Waals surface area contributed by atoms with Gasteiger partial charge in [0.25, 0.3) is 21.8 Å². The number of piperazine rings is 1. The zero-order valence-electron chi connectivity index (χ0n) is 17.9. The predicted octanol–water partition coefficient (Wildman–Crippen LogP) is 2.48. The summed E-state index contributed by atoms with van der Waals surface area (Å²) in [7, 11) is -3.88. The van der Waals surface area contributed by atoms with Crippen LogP contribution >= 0.6 is 11.6 Å². The molecule has 3 aliphatic rings. The Labute approximate surface area is 197 Å². The number of para-hydroxylation sites is 1. The molecule has 33 heavy (non-hydrogen) atoms. The Morgan fingerprint density at radius 1 is 1.06 bits per heavy atom. The van der Waals surface area contributed by atoms with Crippen LogP contribution in [0.4, 0.5) is 0 Å². The van der Waals surface area contributed by atoms with Crippen LogP contribution in [-0.4, -0.2) is 79.7 Å². The monoisotopic (exact) mass is 489 g/mol. The highest BCUT2D eigenvalue weighted by molar-refractivity contribution is 7.90. The van der Waals surface area contributed by atoms with Crippen LogP contribution in [0.15, 0.2) is 47.4 Å². The number of ether oxygens (including phenoxy) is 1. The maximum absolute atomic E-state index is 13.0. The van der Waals surface area contributed by atoms with Crippen molar-refractivity contribution in [2.75, 3.05) is 39.3 Å². The van der Waals surface area contributed by atoms with Crippen LogP contribution in [0.25, 0.3) is 0 Å². The zero-order chi connectivity index (χ0) is 23.2. The fourth-order valence-electron chi connectivity index (χ4n) is 4.25. The van der Waals surface area contributed by atoms with Gasteiger partial charge in [0.15, 0.2) is 0 Å². The molecular formula is C23H24ClN3O5S. The van der Waals surface area contributed by atoms with E-state index in [0.717, 1.165) is 4.31 Å². The van der Waals surface area contributed by atoms with Crippen molar-refractivity contribution in [3.63, 3.8) is 0 Å². The van der Waals surface area contributed by atoms with Gasteiger partial charge in [-0.05, 0) is 43.2 Å². The maximum Gasteiger partial charge on any atom is 0.269 e. The first-order chi connectivity index (χ1) is 15.9. The molecule has 8 nitrogen and oxygen atoms in total. The number of hydrogen-bond donors (Lipinski definition) is 0. The number of amides is 2. The number of fused-ring (bicyclic) bond motifs is 1. The van der Waals surface area contributed by atoms with Crippen molar-refractivity contribution >= 4 is 33.4 Å². The second kappa shape index (κ2) is 8.62. The highest BCUT2D eigenvalue weighted by Gasteiger charge is 2.49. The van der Waals surface area contributed by atoms with Crippen LogP contribution in [0, 0.1) is 0 Å². The smallest absolute Gasteiger partial charge is 0.269 e. The first kappa shape index (κ1) is 22.2. The van der Waals surface area contributed by atoms with Crippen molar-refractivity contribution in [3.8, 4) is 5.75 Å². The molecule has 2 aromatic carbocycles. The molecule has 2 fully saturated rings. The fourth-order valence-corrected chi connectivity index (χ4v) is 6.29. The topological polar surface area (TPSA) is 87.2 Å². The van der Waals surface area contributed by atoms with Gasteiger partial charge in [-0.15, -0.1) is 0 Å². The van der Waals surface area contributed by atoms with Crippen LogP contribution < -0.4 is 4.74 Å². The molecular weight excluding hydrogens is 466 g/mol. The number of carbonyl (C=O) groups excluding carboxylic acids is 2. The van der Waals surface area contributed by atoms with E-state index in [1.165, 1.54) is 12.1 Å². The van der Waals surface area contributed by atoms with E-state index in [0.29, 0.717) is 68.5 Å². The molecule has 0 atom stereocenters. The summed E-state index contributed by atoms with van der Waals surface area (Å²) in [5, 5.41) is 0.575. The molecule has 1 aliphatic carbocycles. The summed E-state index contributed by atoms with van der Waals surface area (Å²) >= 11 is 6.10. The molecule has 0 spiro atoms. The summed E-state index contributed by atoms with van der Waals surface area (Å²) in [4.78, 5) is 29.4. The first-order valence-electron chi connectivity index (χ1n) is 11.0. The van der Waals surface area contributed by atoms with Crippen molar-refractivity contribution in [3.05, 3.63) is 58.6 Å². The Bertz CT molecular complexity index is 1210. The van der Waals surface area contributed by atoms with Gasteiger partial charge in [0, 0.05) is 44.3 Å². The zero-order valence-corrected chi connectivity index (χ0v) is 19.5. The van der Waals surface area contributed by atoms with Crippen molar-refractivity contribution in [2.45, 2.75) is 23.8 Å².